The average molecular weight is 368 g/mol. The van der Waals surface area contributed by atoms with E-state index >= 15 is 0 Å². The predicted molar refractivity (Wildman–Crippen MR) is 98.8 cm³/mol. The quantitative estimate of drug-likeness (QED) is 0.777. The summed E-state index contributed by atoms with van der Waals surface area (Å²) in [5, 5.41) is 5.76. The maximum absolute atomic E-state index is 12.6. The first-order valence-electron chi connectivity index (χ1n) is 9.03. The van der Waals surface area contributed by atoms with Gasteiger partial charge in [-0.3, -0.25) is 0 Å². The van der Waals surface area contributed by atoms with Crippen LogP contribution in [0, 0.1) is 5.92 Å². The van der Waals surface area contributed by atoms with Crippen LogP contribution in [0.15, 0.2) is 35.2 Å². The van der Waals surface area contributed by atoms with Crippen LogP contribution in [0.5, 0.6) is 0 Å². The number of rotatable bonds is 7. The number of hydrogen-bond donors (Lipinski definition) is 2. The third-order valence-corrected chi connectivity index (χ3v) is 6.70. The van der Waals surface area contributed by atoms with Gasteiger partial charge in [-0.25, -0.2) is 13.2 Å². The minimum Gasteiger partial charge on any atom is -0.338 e. The third kappa shape index (κ3) is 5.71. The van der Waals surface area contributed by atoms with Crippen molar-refractivity contribution < 1.29 is 13.2 Å². The van der Waals surface area contributed by atoms with E-state index in [0.29, 0.717) is 30.4 Å². The molecular formula is C18H29N3O3S. The standard InChI is InChI=1S/C18H29N3O3S/c1-3-15(2)20-18(22)19-12-9-16-10-13-21(14-11-16)25(23,24)17-7-5-4-6-8-17/h4-8,15-16H,3,9-14H2,1-2H3,(H2,19,20,22). The summed E-state index contributed by atoms with van der Waals surface area (Å²) in [6, 6.07) is 8.63. The van der Waals surface area contributed by atoms with Crippen molar-refractivity contribution in [1.82, 2.24) is 14.9 Å². The van der Waals surface area contributed by atoms with E-state index in [4.69, 9.17) is 0 Å². The third-order valence-electron chi connectivity index (χ3n) is 4.78. The lowest BCUT2D eigenvalue weighted by Crippen LogP contribution is -2.42. The monoisotopic (exact) mass is 367 g/mol. The van der Waals surface area contributed by atoms with Crippen LogP contribution >= 0.6 is 0 Å². The molecule has 7 heteroatoms. The molecule has 6 nitrogen and oxygen atoms in total. The van der Waals surface area contributed by atoms with Crippen LogP contribution < -0.4 is 10.6 Å². The molecule has 0 aromatic heterocycles. The molecule has 0 spiro atoms. The Balaban J connectivity index is 1.74. The zero-order chi connectivity index (χ0) is 18.3. The smallest absolute Gasteiger partial charge is 0.314 e. The van der Waals surface area contributed by atoms with Crippen molar-refractivity contribution in [1.29, 1.82) is 0 Å². The number of sulfonamides is 1. The topological polar surface area (TPSA) is 78.5 Å². The highest BCUT2D eigenvalue weighted by molar-refractivity contribution is 7.89. The van der Waals surface area contributed by atoms with E-state index < -0.39 is 10.0 Å². The fraction of sp³-hybridized carbons (Fsp3) is 0.611. The summed E-state index contributed by atoms with van der Waals surface area (Å²) < 4.78 is 26.7. The molecule has 2 N–H and O–H groups in total. The van der Waals surface area contributed by atoms with Crippen molar-refractivity contribution >= 4 is 16.1 Å². The minimum absolute atomic E-state index is 0.126. The number of carbonyl (C=O) groups excluding carboxylic acids is 1. The molecule has 0 bridgehead atoms. The second-order valence-electron chi connectivity index (χ2n) is 6.66. The predicted octanol–water partition coefficient (Wildman–Crippen LogP) is 2.58. The maximum atomic E-state index is 12.6. The fourth-order valence-electron chi connectivity index (χ4n) is 2.95. The molecular weight excluding hydrogens is 338 g/mol. The molecule has 1 atom stereocenters. The van der Waals surface area contributed by atoms with Gasteiger partial charge in [-0.05, 0) is 50.7 Å². The molecule has 1 aliphatic rings. The molecule has 1 heterocycles. The Morgan fingerprint density at radius 1 is 1.24 bits per heavy atom. The zero-order valence-electron chi connectivity index (χ0n) is 15.1. The SMILES string of the molecule is CCC(C)NC(=O)NCCC1CCN(S(=O)(=O)c2ccccc2)CC1. The average Bonchev–Trinajstić information content (AvgIpc) is 2.62. The van der Waals surface area contributed by atoms with Gasteiger partial charge in [-0.2, -0.15) is 4.31 Å². The number of carbonyl (C=O) groups is 1. The van der Waals surface area contributed by atoms with Crippen LogP contribution in [-0.4, -0.2) is 44.4 Å². The minimum atomic E-state index is -3.38. The van der Waals surface area contributed by atoms with E-state index in [-0.39, 0.29) is 12.1 Å². The largest absolute Gasteiger partial charge is 0.338 e. The second-order valence-corrected chi connectivity index (χ2v) is 8.60. The molecule has 140 valence electrons. The summed E-state index contributed by atoms with van der Waals surface area (Å²) in [5.41, 5.74) is 0. The molecule has 1 aliphatic heterocycles. The van der Waals surface area contributed by atoms with Gasteiger partial charge in [-0.1, -0.05) is 25.1 Å². The highest BCUT2D eigenvalue weighted by atomic mass is 32.2. The number of amides is 2. The molecule has 0 aliphatic carbocycles. The van der Waals surface area contributed by atoms with E-state index in [9.17, 15) is 13.2 Å². The summed E-state index contributed by atoms with van der Waals surface area (Å²) in [5.74, 6) is 0.450. The van der Waals surface area contributed by atoms with Crippen LogP contribution in [0.25, 0.3) is 0 Å². The van der Waals surface area contributed by atoms with E-state index in [1.165, 1.54) is 0 Å². The number of urea groups is 1. The van der Waals surface area contributed by atoms with Gasteiger partial charge in [0.15, 0.2) is 0 Å². The van der Waals surface area contributed by atoms with Crippen molar-refractivity contribution in [2.45, 2.75) is 50.5 Å². The van der Waals surface area contributed by atoms with E-state index in [0.717, 1.165) is 25.7 Å². The fourth-order valence-corrected chi connectivity index (χ4v) is 4.44. The summed E-state index contributed by atoms with van der Waals surface area (Å²) in [6.07, 6.45) is 3.45. The highest BCUT2D eigenvalue weighted by Crippen LogP contribution is 2.25. The lowest BCUT2D eigenvalue weighted by Gasteiger charge is -2.31. The van der Waals surface area contributed by atoms with Gasteiger partial charge in [0.05, 0.1) is 4.90 Å². The van der Waals surface area contributed by atoms with Crippen LogP contribution in [0.2, 0.25) is 0 Å². The molecule has 1 saturated heterocycles. The second kappa shape index (κ2) is 9.20. The normalized spacial score (nSPS) is 17.8. The Hall–Kier alpha value is -1.60. The van der Waals surface area contributed by atoms with Gasteiger partial charge in [-0.15, -0.1) is 0 Å². The van der Waals surface area contributed by atoms with E-state index in [1.807, 2.05) is 19.9 Å². The van der Waals surface area contributed by atoms with Gasteiger partial charge in [0.25, 0.3) is 0 Å². The molecule has 0 radical (unpaired) electrons. The number of nitrogens with one attached hydrogen (secondary N) is 2. The lowest BCUT2D eigenvalue weighted by atomic mass is 9.95. The van der Waals surface area contributed by atoms with Gasteiger partial charge < -0.3 is 10.6 Å². The number of piperidine rings is 1. The molecule has 1 fully saturated rings. The van der Waals surface area contributed by atoms with Gasteiger partial charge in [0.2, 0.25) is 10.0 Å². The first-order valence-corrected chi connectivity index (χ1v) is 10.5. The highest BCUT2D eigenvalue weighted by Gasteiger charge is 2.29. The Morgan fingerprint density at radius 3 is 2.48 bits per heavy atom. The summed E-state index contributed by atoms with van der Waals surface area (Å²) in [7, 11) is -3.38. The van der Waals surface area contributed by atoms with Crippen LogP contribution in [-0.2, 0) is 10.0 Å². The zero-order valence-corrected chi connectivity index (χ0v) is 15.9. The first kappa shape index (κ1) is 19.7. The van der Waals surface area contributed by atoms with Crippen LogP contribution in [0.4, 0.5) is 4.79 Å². The van der Waals surface area contributed by atoms with Crippen LogP contribution in [0.1, 0.15) is 39.5 Å². The molecule has 2 rings (SSSR count). The number of benzene rings is 1. The van der Waals surface area contributed by atoms with E-state index in [1.54, 1.807) is 28.6 Å². The summed E-state index contributed by atoms with van der Waals surface area (Å²) in [4.78, 5) is 12.0. The Labute approximate surface area is 151 Å². The maximum Gasteiger partial charge on any atom is 0.314 e. The van der Waals surface area contributed by atoms with Gasteiger partial charge >= 0.3 is 6.03 Å². The van der Waals surface area contributed by atoms with Crippen molar-refractivity contribution in [3.05, 3.63) is 30.3 Å². The molecule has 1 aromatic rings. The molecule has 2 amide bonds. The first-order chi connectivity index (χ1) is 11.9. The Bertz CT molecular complexity index is 641. The summed E-state index contributed by atoms with van der Waals surface area (Å²) >= 11 is 0. The van der Waals surface area contributed by atoms with Gasteiger partial charge in [0, 0.05) is 25.7 Å². The van der Waals surface area contributed by atoms with E-state index in [2.05, 4.69) is 10.6 Å². The molecule has 1 aromatic carbocycles. The van der Waals surface area contributed by atoms with Gasteiger partial charge in [0.1, 0.15) is 0 Å². The Kier molecular flexibility index (Phi) is 7.25. The van der Waals surface area contributed by atoms with Crippen molar-refractivity contribution in [3.8, 4) is 0 Å². The van der Waals surface area contributed by atoms with Crippen molar-refractivity contribution in [2.24, 2.45) is 5.92 Å². The molecule has 0 saturated carbocycles. The molecule has 1 unspecified atom stereocenters. The van der Waals surface area contributed by atoms with Crippen LogP contribution in [0.3, 0.4) is 0 Å². The lowest BCUT2D eigenvalue weighted by molar-refractivity contribution is 0.233. The number of nitrogens with zero attached hydrogens (tertiary/aromatic N) is 1. The molecule has 25 heavy (non-hydrogen) atoms. The van der Waals surface area contributed by atoms with Crippen molar-refractivity contribution in [3.63, 3.8) is 0 Å². The number of hydrogen-bond acceptors (Lipinski definition) is 3. The summed E-state index contributed by atoms with van der Waals surface area (Å²) in [6.45, 7) is 5.71. The van der Waals surface area contributed by atoms with Crippen molar-refractivity contribution in [2.75, 3.05) is 19.6 Å². The Morgan fingerprint density at radius 2 is 1.88 bits per heavy atom.